The molecule has 4 heterocycles. The maximum atomic E-state index is 12.9. The SMILES string of the molecule is CN1CCN(CC2CCC(C)(C)CC2)CC1CC(=O)Nc1nnc(N[C@@H]2CCN(c3cccnn3)C2)s1. The summed E-state index contributed by atoms with van der Waals surface area (Å²) in [5, 5.41) is 24.4. The Morgan fingerprint density at radius 1 is 1.08 bits per heavy atom. The summed E-state index contributed by atoms with van der Waals surface area (Å²) in [5.41, 5.74) is 0.508. The lowest BCUT2D eigenvalue weighted by Gasteiger charge is -2.42. The summed E-state index contributed by atoms with van der Waals surface area (Å²) in [4.78, 5) is 20.0. The predicted octanol–water partition coefficient (Wildman–Crippen LogP) is 3.18. The number of nitrogens with zero attached hydrogens (tertiary/aromatic N) is 7. The summed E-state index contributed by atoms with van der Waals surface area (Å²) in [5.74, 6) is 1.70. The maximum Gasteiger partial charge on any atom is 0.227 e. The largest absolute Gasteiger partial charge is 0.355 e. The molecule has 2 N–H and O–H groups in total. The average Bonchev–Trinajstić information content (AvgIpc) is 3.53. The molecule has 202 valence electrons. The van der Waals surface area contributed by atoms with Crippen molar-refractivity contribution in [1.82, 2.24) is 30.2 Å². The molecule has 2 aromatic rings. The molecule has 0 radical (unpaired) electrons. The highest BCUT2D eigenvalue weighted by Crippen LogP contribution is 2.38. The number of hydrogen-bond donors (Lipinski definition) is 2. The van der Waals surface area contributed by atoms with Gasteiger partial charge in [0.15, 0.2) is 5.82 Å². The molecular weight excluding hydrogens is 486 g/mol. The lowest BCUT2D eigenvalue weighted by atomic mass is 9.73. The first-order chi connectivity index (χ1) is 17.8. The Morgan fingerprint density at radius 3 is 2.68 bits per heavy atom. The van der Waals surface area contributed by atoms with Crippen molar-refractivity contribution in [2.24, 2.45) is 11.3 Å². The minimum Gasteiger partial charge on any atom is -0.355 e. The van der Waals surface area contributed by atoms with Crippen molar-refractivity contribution in [2.45, 2.75) is 64.5 Å². The molecule has 2 saturated heterocycles. The Balaban J connectivity index is 1.06. The number of carbonyl (C=O) groups excluding carboxylic acids is 1. The number of aromatic nitrogens is 4. The number of nitrogens with one attached hydrogen (secondary N) is 2. The summed E-state index contributed by atoms with van der Waals surface area (Å²) < 4.78 is 0. The smallest absolute Gasteiger partial charge is 0.227 e. The lowest BCUT2D eigenvalue weighted by molar-refractivity contribution is -0.117. The van der Waals surface area contributed by atoms with Crippen molar-refractivity contribution in [3.8, 4) is 0 Å². The fraction of sp³-hybridized carbons (Fsp3) is 0.731. The molecule has 5 rings (SSSR count). The van der Waals surface area contributed by atoms with Gasteiger partial charge in [0.2, 0.25) is 16.2 Å². The van der Waals surface area contributed by atoms with E-state index in [-0.39, 0.29) is 18.0 Å². The van der Waals surface area contributed by atoms with Crippen molar-refractivity contribution in [1.29, 1.82) is 0 Å². The van der Waals surface area contributed by atoms with E-state index in [2.05, 4.69) is 66.6 Å². The third kappa shape index (κ3) is 7.14. The maximum absolute atomic E-state index is 12.9. The quantitative estimate of drug-likeness (QED) is 0.536. The van der Waals surface area contributed by atoms with Crippen LogP contribution in [0.25, 0.3) is 0 Å². The normalized spacial score (nSPS) is 25.3. The number of anilines is 3. The van der Waals surface area contributed by atoms with Gasteiger partial charge in [-0.25, -0.2) is 0 Å². The van der Waals surface area contributed by atoms with Crippen LogP contribution in [-0.4, -0.2) is 94.5 Å². The number of likely N-dealkylation sites (N-methyl/N-ethyl adjacent to an activating group) is 1. The van der Waals surface area contributed by atoms with Crippen LogP contribution < -0.4 is 15.5 Å². The first kappa shape index (κ1) is 26.2. The van der Waals surface area contributed by atoms with Crippen LogP contribution in [0, 0.1) is 11.3 Å². The van der Waals surface area contributed by atoms with Crippen LogP contribution in [0.3, 0.4) is 0 Å². The van der Waals surface area contributed by atoms with Crippen LogP contribution in [0.2, 0.25) is 0 Å². The Hall–Kier alpha value is -2.37. The molecule has 3 fully saturated rings. The van der Waals surface area contributed by atoms with Crippen LogP contribution in [0.4, 0.5) is 16.1 Å². The van der Waals surface area contributed by atoms with E-state index < -0.39 is 0 Å². The zero-order valence-corrected chi connectivity index (χ0v) is 23.2. The van der Waals surface area contributed by atoms with E-state index in [4.69, 9.17) is 0 Å². The Kier molecular flexibility index (Phi) is 8.21. The van der Waals surface area contributed by atoms with Gasteiger partial charge in [-0.2, -0.15) is 5.10 Å². The third-order valence-corrected chi connectivity index (χ3v) is 9.10. The summed E-state index contributed by atoms with van der Waals surface area (Å²) >= 11 is 1.40. The molecule has 1 amide bonds. The first-order valence-electron chi connectivity index (χ1n) is 13.7. The Bertz CT molecular complexity index is 1020. The van der Waals surface area contributed by atoms with Gasteiger partial charge < -0.3 is 25.3 Å². The van der Waals surface area contributed by atoms with E-state index in [0.29, 0.717) is 17.0 Å². The van der Waals surface area contributed by atoms with E-state index in [1.54, 1.807) is 6.20 Å². The second kappa shape index (κ2) is 11.6. The topological polar surface area (TPSA) is 102 Å². The summed E-state index contributed by atoms with van der Waals surface area (Å²) in [6, 6.07) is 4.37. The second-order valence-corrected chi connectivity index (χ2v) is 12.8. The highest BCUT2D eigenvalue weighted by molar-refractivity contribution is 7.19. The lowest BCUT2D eigenvalue weighted by Crippen LogP contribution is -2.53. The van der Waals surface area contributed by atoms with Gasteiger partial charge in [-0.1, -0.05) is 25.2 Å². The molecular formula is C26H41N9OS. The molecule has 0 spiro atoms. The fourth-order valence-corrected chi connectivity index (χ4v) is 6.58. The van der Waals surface area contributed by atoms with Crippen LogP contribution in [-0.2, 0) is 4.79 Å². The standard InChI is InChI=1S/C26H41N9OS/c1-26(2)9-6-19(7-10-26)16-34-14-13-33(3)21(18-34)15-23(36)29-25-32-31-24(37-25)28-20-8-12-35(17-20)22-5-4-11-27-30-22/h4-5,11,19-21H,6-10,12-18H2,1-3H3,(H,28,31)(H,29,32,36)/t20-,21?/m1/s1. The molecule has 2 aromatic heterocycles. The van der Waals surface area contributed by atoms with Crippen molar-refractivity contribution in [2.75, 3.05) is 61.8 Å². The monoisotopic (exact) mass is 527 g/mol. The fourth-order valence-electron chi connectivity index (χ4n) is 5.84. The van der Waals surface area contributed by atoms with E-state index in [1.165, 1.54) is 43.6 Å². The van der Waals surface area contributed by atoms with Crippen LogP contribution >= 0.6 is 11.3 Å². The van der Waals surface area contributed by atoms with E-state index in [1.807, 2.05) is 12.1 Å². The third-order valence-electron chi connectivity index (χ3n) is 8.33. The zero-order valence-electron chi connectivity index (χ0n) is 22.4. The molecule has 2 aliphatic heterocycles. The van der Waals surface area contributed by atoms with Crippen molar-refractivity contribution < 1.29 is 4.79 Å². The Morgan fingerprint density at radius 2 is 1.89 bits per heavy atom. The zero-order chi connectivity index (χ0) is 25.8. The minimum atomic E-state index is 0.00973. The molecule has 0 aromatic carbocycles. The van der Waals surface area contributed by atoms with Gasteiger partial charge in [0.25, 0.3) is 0 Å². The number of carbonyl (C=O) groups is 1. The second-order valence-electron chi connectivity index (χ2n) is 11.8. The van der Waals surface area contributed by atoms with Gasteiger partial charge in [-0.3, -0.25) is 4.79 Å². The molecule has 1 saturated carbocycles. The van der Waals surface area contributed by atoms with Gasteiger partial charge in [0, 0.05) is 64.0 Å². The highest BCUT2D eigenvalue weighted by atomic mass is 32.1. The number of piperazine rings is 1. The number of amides is 1. The highest BCUT2D eigenvalue weighted by Gasteiger charge is 2.31. The number of rotatable bonds is 8. The van der Waals surface area contributed by atoms with E-state index in [9.17, 15) is 4.79 Å². The van der Waals surface area contributed by atoms with Crippen LogP contribution in [0.1, 0.15) is 52.4 Å². The molecule has 10 nitrogen and oxygen atoms in total. The van der Waals surface area contributed by atoms with Gasteiger partial charge in [-0.15, -0.1) is 15.3 Å². The van der Waals surface area contributed by atoms with Crippen molar-refractivity contribution >= 4 is 33.3 Å². The van der Waals surface area contributed by atoms with E-state index >= 15 is 0 Å². The first-order valence-corrected chi connectivity index (χ1v) is 14.5. The van der Waals surface area contributed by atoms with Gasteiger partial charge in [0.1, 0.15) is 0 Å². The van der Waals surface area contributed by atoms with Crippen LogP contribution in [0.15, 0.2) is 18.3 Å². The molecule has 1 unspecified atom stereocenters. The van der Waals surface area contributed by atoms with Crippen molar-refractivity contribution in [3.05, 3.63) is 18.3 Å². The summed E-state index contributed by atoms with van der Waals surface area (Å²) in [6.45, 7) is 10.8. The average molecular weight is 528 g/mol. The minimum absolute atomic E-state index is 0.00973. The molecule has 37 heavy (non-hydrogen) atoms. The van der Waals surface area contributed by atoms with Gasteiger partial charge in [-0.05, 0) is 62.6 Å². The van der Waals surface area contributed by atoms with Crippen molar-refractivity contribution in [3.63, 3.8) is 0 Å². The molecule has 2 atom stereocenters. The molecule has 1 aliphatic carbocycles. The predicted molar refractivity (Wildman–Crippen MR) is 148 cm³/mol. The number of hydrogen-bond acceptors (Lipinski definition) is 10. The van der Waals surface area contributed by atoms with Crippen LogP contribution in [0.5, 0.6) is 0 Å². The summed E-state index contributed by atoms with van der Waals surface area (Å²) in [6.07, 6.45) is 8.47. The van der Waals surface area contributed by atoms with Gasteiger partial charge in [0.05, 0.1) is 0 Å². The molecule has 3 aliphatic rings. The van der Waals surface area contributed by atoms with E-state index in [0.717, 1.165) is 56.0 Å². The molecule has 0 bridgehead atoms. The molecule has 11 heteroatoms. The van der Waals surface area contributed by atoms with Gasteiger partial charge >= 0.3 is 0 Å². The summed E-state index contributed by atoms with van der Waals surface area (Å²) in [7, 11) is 2.14. The Labute approximate surface area is 224 Å².